The number of anilines is 2. The molecule has 9 heteroatoms. The third-order valence-corrected chi connectivity index (χ3v) is 9.75. The zero-order valence-electron chi connectivity index (χ0n) is 28.9. The van der Waals surface area contributed by atoms with Crippen LogP contribution < -0.4 is 20.1 Å². The Bertz CT molecular complexity index is 1740. The van der Waals surface area contributed by atoms with Crippen molar-refractivity contribution in [1.29, 1.82) is 0 Å². The van der Waals surface area contributed by atoms with E-state index < -0.39 is 0 Å². The van der Waals surface area contributed by atoms with Gasteiger partial charge in [-0.2, -0.15) is 5.10 Å². The normalized spacial score (nSPS) is 19.2. The minimum atomic E-state index is -0.318. The van der Waals surface area contributed by atoms with Crippen molar-refractivity contribution in [3.05, 3.63) is 95.2 Å². The molecule has 2 bridgehead atoms. The van der Waals surface area contributed by atoms with Crippen LogP contribution in [0.5, 0.6) is 11.5 Å². The third-order valence-electron chi connectivity index (χ3n) is 9.75. The molecule has 0 radical (unpaired) electrons. The molecule has 1 aromatic heterocycles. The second kappa shape index (κ2) is 13.8. The minimum absolute atomic E-state index is 0.0717. The number of rotatable bonds is 10. The summed E-state index contributed by atoms with van der Waals surface area (Å²) in [5.74, 6) is 2.48. The third kappa shape index (κ3) is 7.41. The number of nitrogens with one attached hydrogen (secondary N) is 2. The van der Waals surface area contributed by atoms with Crippen molar-refractivity contribution in [3.63, 3.8) is 0 Å². The van der Waals surface area contributed by atoms with Gasteiger partial charge in [0.1, 0.15) is 17.3 Å². The van der Waals surface area contributed by atoms with Crippen LogP contribution in [0, 0.1) is 12.8 Å². The average Bonchev–Trinajstić information content (AvgIpc) is 3.58. The second-order valence-corrected chi connectivity index (χ2v) is 14.3. The van der Waals surface area contributed by atoms with E-state index in [2.05, 4.69) is 48.4 Å². The van der Waals surface area contributed by atoms with Gasteiger partial charge in [-0.05, 0) is 93.0 Å². The van der Waals surface area contributed by atoms with E-state index in [1.807, 2.05) is 55.5 Å². The Balaban J connectivity index is 1.05. The summed E-state index contributed by atoms with van der Waals surface area (Å²) in [6.07, 6.45) is 5.39. The first-order valence-corrected chi connectivity index (χ1v) is 16.9. The molecule has 3 aromatic carbocycles. The maximum Gasteiger partial charge on any atom is 0.324 e. The molecule has 0 spiro atoms. The van der Waals surface area contributed by atoms with Crippen LogP contribution in [0.25, 0.3) is 5.69 Å². The molecule has 252 valence electrons. The van der Waals surface area contributed by atoms with Gasteiger partial charge in [0.05, 0.1) is 37.7 Å². The van der Waals surface area contributed by atoms with Gasteiger partial charge in [0.2, 0.25) is 0 Å². The van der Waals surface area contributed by atoms with E-state index in [1.54, 1.807) is 31.0 Å². The molecule has 2 fully saturated rings. The highest BCUT2D eigenvalue weighted by Gasteiger charge is 2.41. The Morgan fingerprint density at radius 1 is 0.875 bits per heavy atom. The monoisotopic (exact) mass is 649 g/mol. The lowest BCUT2D eigenvalue weighted by Crippen LogP contribution is -2.45. The predicted octanol–water partition coefficient (Wildman–Crippen LogP) is 7.81. The van der Waals surface area contributed by atoms with E-state index >= 15 is 0 Å². The molecule has 2 amide bonds. The molecule has 48 heavy (non-hydrogen) atoms. The second-order valence-electron chi connectivity index (χ2n) is 14.3. The number of Topliss-reactive ketones (excluding diaryl/α,β-unsaturated/α-hetero) is 1. The fourth-order valence-corrected chi connectivity index (χ4v) is 7.15. The molecule has 0 aliphatic carbocycles. The lowest BCUT2D eigenvalue weighted by molar-refractivity contribution is 0.0742. The number of ketones is 1. The van der Waals surface area contributed by atoms with Crippen molar-refractivity contribution in [2.24, 2.45) is 5.92 Å². The molecule has 2 saturated heterocycles. The van der Waals surface area contributed by atoms with Crippen molar-refractivity contribution in [3.8, 4) is 17.2 Å². The van der Waals surface area contributed by atoms with E-state index in [-0.39, 0.29) is 17.2 Å². The highest BCUT2D eigenvalue weighted by molar-refractivity contribution is 6.01. The van der Waals surface area contributed by atoms with Gasteiger partial charge in [-0.1, -0.05) is 50.6 Å². The Morgan fingerprint density at radius 2 is 1.56 bits per heavy atom. The van der Waals surface area contributed by atoms with Crippen molar-refractivity contribution in [2.45, 2.75) is 77.3 Å². The first-order chi connectivity index (χ1) is 23.0. The fourth-order valence-electron chi connectivity index (χ4n) is 7.15. The number of amides is 2. The quantitative estimate of drug-likeness (QED) is 0.170. The van der Waals surface area contributed by atoms with E-state index in [1.165, 1.54) is 5.56 Å². The largest absolute Gasteiger partial charge is 0.497 e. The number of carbonyl (C=O) groups excluding carboxylic acids is 2. The van der Waals surface area contributed by atoms with Gasteiger partial charge in [0.15, 0.2) is 5.78 Å². The van der Waals surface area contributed by atoms with Gasteiger partial charge < -0.3 is 14.8 Å². The molecule has 2 atom stereocenters. The summed E-state index contributed by atoms with van der Waals surface area (Å²) in [5, 5.41) is 10.8. The fraction of sp³-hybridized carbons (Fsp3) is 0.410. The van der Waals surface area contributed by atoms with Crippen LogP contribution in [0.1, 0.15) is 73.6 Å². The number of hydrogen-bond donors (Lipinski definition) is 2. The number of piperidine rings is 1. The number of nitrogens with zero attached hydrogens (tertiary/aromatic N) is 3. The maximum atomic E-state index is 13.4. The number of aromatic nitrogens is 2. The summed E-state index contributed by atoms with van der Waals surface area (Å²) in [7, 11) is 3.20. The Labute approximate surface area is 283 Å². The lowest BCUT2D eigenvalue weighted by atomic mass is 9.85. The smallest absolute Gasteiger partial charge is 0.324 e. The van der Waals surface area contributed by atoms with Gasteiger partial charge in [-0.15, -0.1) is 0 Å². The summed E-state index contributed by atoms with van der Waals surface area (Å²) < 4.78 is 12.6. The standard InChI is InChI=1S/C39H47N5O4/c1-25-7-13-29(14-8-25)44-37(23-36(42-44)39(2,3)4)41-38(46)40-28-11-9-26(10-12-28)19-27-20-30-15-16-31(21-27)43(30)24-34(45)33-22-32(47-5)17-18-35(33)48-6/h7-14,17-18,22-23,27,30-31H,15-16,19-21,24H2,1-6H3,(H2,40,41,46). The number of urea groups is 1. The molecule has 2 aliphatic rings. The first kappa shape index (κ1) is 33.3. The molecule has 2 unspecified atom stereocenters. The molecule has 9 nitrogen and oxygen atoms in total. The molecule has 2 aliphatic heterocycles. The van der Waals surface area contributed by atoms with Gasteiger partial charge in [-0.25, -0.2) is 9.48 Å². The summed E-state index contributed by atoms with van der Waals surface area (Å²) in [5.41, 5.74) is 5.33. The van der Waals surface area contributed by atoms with Crippen LogP contribution in [-0.2, 0) is 11.8 Å². The first-order valence-electron chi connectivity index (χ1n) is 16.9. The molecule has 2 N–H and O–H groups in total. The van der Waals surface area contributed by atoms with Gasteiger partial charge in [0, 0.05) is 29.3 Å². The van der Waals surface area contributed by atoms with Crippen LogP contribution in [-0.4, -0.2) is 59.3 Å². The van der Waals surface area contributed by atoms with Gasteiger partial charge in [0.25, 0.3) is 0 Å². The van der Waals surface area contributed by atoms with E-state index in [4.69, 9.17) is 14.6 Å². The van der Waals surface area contributed by atoms with Crippen molar-refractivity contribution < 1.29 is 19.1 Å². The summed E-state index contributed by atoms with van der Waals surface area (Å²) >= 11 is 0. The van der Waals surface area contributed by atoms with E-state index in [0.29, 0.717) is 47.4 Å². The van der Waals surface area contributed by atoms with Gasteiger partial charge in [-0.3, -0.25) is 15.0 Å². The number of carbonyl (C=O) groups is 2. The van der Waals surface area contributed by atoms with E-state index in [0.717, 1.165) is 54.7 Å². The number of fused-ring (bicyclic) bond motifs is 2. The Morgan fingerprint density at radius 3 is 2.19 bits per heavy atom. The zero-order chi connectivity index (χ0) is 34.0. The number of ether oxygens (including phenoxy) is 2. The lowest BCUT2D eigenvalue weighted by Gasteiger charge is -2.38. The average molecular weight is 650 g/mol. The number of methoxy groups -OCH3 is 2. The summed E-state index contributed by atoms with van der Waals surface area (Å²) in [4.78, 5) is 28.9. The van der Waals surface area contributed by atoms with Crippen LogP contribution in [0.4, 0.5) is 16.3 Å². The molecular formula is C39H47N5O4. The molecule has 0 saturated carbocycles. The molecule has 4 aromatic rings. The summed E-state index contributed by atoms with van der Waals surface area (Å²) in [6.45, 7) is 8.77. The number of aryl methyl sites for hydroxylation is 1. The maximum absolute atomic E-state index is 13.4. The van der Waals surface area contributed by atoms with E-state index in [9.17, 15) is 9.59 Å². The van der Waals surface area contributed by atoms with Crippen LogP contribution in [0.15, 0.2) is 72.8 Å². The number of hydrogen-bond acceptors (Lipinski definition) is 6. The van der Waals surface area contributed by atoms with Crippen LogP contribution in [0.2, 0.25) is 0 Å². The zero-order valence-corrected chi connectivity index (χ0v) is 28.9. The highest BCUT2D eigenvalue weighted by atomic mass is 16.5. The highest BCUT2D eigenvalue weighted by Crippen LogP contribution is 2.40. The molecular weight excluding hydrogens is 602 g/mol. The number of benzene rings is 3. The summed E-state index contributed by atoms with van der Waals surface area (Å²) in [6, 6.07) is 24.1. The van der Waals surface area contributed by atoms with Crippen molar-refractivity contribution in [2.75, 3.05) is 31.4 Å². The predicted molar refractivity (Wildman–Crippen MR) is 190 cm³/mol. The molecule has 6 rings (SSSR count). The van der Waals surface area contributed by atoms with Crippen molar-refractivity contribution in [1.82, 2.24) is 14.7 Å². The van der Waals surface area contributed by atoms with Crippen LogP contribution >= 0.6 is 0 Å². The SMILES string of the molecule is COc1ccc(OC)c(C(=O)CN2C3CCC2CC(Cc2ccc(NC(=O)Nc4cc(C(C)(C)C)nn4-c4ccc(C)cc4)cc2)C3)c1. The Hall–Kier alpha value is -4.63. The van der Waals surface area contributed by atoms with Crippen molar-refractivity contribution >= 4 is 23.3 Å². The van der Waals surface area contributed by atoms with Gasteiger partial charge >= 0.3 is 6.03 Å². The molecule has 3 heterocycles. The van der Waals surface area contributed by atoms with Crippen LogP contribution in [0.3, 0.4) is 0 Å². The topological polar surface area (TPSA) is 97.7 Å². The minimum Gasteiger partial charge on any atom is -0.497 e. The Kier molecular flexibility index (Phi) is 9.60.